The minimum atomic E-state index is -0.520. The molecular weight excluding hydrogens is 337 g/mol. The number of nitrogens with one attached hydrogen (secondary N) is 1. The largest absolute Gasteiger partial charge is 0.495 e. The number of carbonyl (C=O) groups is 1. The van der Waals surface area contributed by atoms with Crippen molar-refractivity contribution in [3.8, 4) is 17.2 Å². The summed E-state index contributed by atoms with van der Waals surface area (Å²) in [7, 11) is 4.32. The number of ether oxygens (including phenoxy) is 3. The first kappa shape index (κ1) is 17.9. The summed E-state index contributed by atoms with van der Waals surface area (Å²) in [6, 6.07) is 7.47. The molecule has 0 unspecified atom stereocenters. The standard InChI is InChI=1S/C17H17ClFNO4/c1-22-14-5-4-10(6-12(14)19)7-17(21)20-13-9-15(23-2)11(18)8-16(13)24-3/h4-6,8-9H,7H2,1-3H3,(H,20,21). The summed E-state index contributed by atoms with van der Waals surface area (Å²) in [5, 5.41) is 3.07. The number of hydrogen-bond acceptors (Lipinski definition) is 4. The van der Waals surface area contributed by atoms with Gasteiger partial charge in [0.1, 0.15) is 11.5 Å². The monoisotopic (exact) mass is 353 g/mol. The Morgan fingerprint density at radius 3 is 2.29 bits per heavy atom. The molecule has 7 heteroatoms. The summed E-state index contributed by atoms with van der Waals surface area (Å²) in [6.07, 6.45) is -0.00495. The van der Waals surface area contributed by atoms with Gasteiger partial charge in [-0.3, -0.25) is 4.79 Å². The maximum absolute atomic E-state index is 13.7. The zero-order valence-electron chi connectivity index (χ0n) is 13.5. The number of hydrogen-bond donors (Lipinski definition) is 1. The van der Waals surface area contributed by atoms with Crippen LogP contribution in [0.2, 0.25) is 5.02 Å². The van der Waals surface area contributed by atoms with E-state index < -0.39 is 5.82 Å². The summed E-state index contributed by atoms with van der Waals surface area (Å²) in [4.78, 5) is 12.2. The van der Waals surface area contributed by atoms with Gasteiger partial charge in [0.15, 0.2) is 11.6 Å². The van der Waals surface area contributed by atoms with Crippen LogP contribution in [0.1, 0.15) is 5.56 Å². The predicted molar refractivity (Wildman–Crippen MR) is 89.8 cm³/mol. The normalized spacial score (nSPS) is 10.2. The van der Waals surface area contributed by atoms with Crippen LogP contribution in [0.5, 0.6) is 17.2 Å². The molecule has 0 aliphatic heterocycles. The Kier molecular flexibility index (Phi) is 5.87. The minimum absolute atomic E-state index is 0.00495. The summed E-state index contributed by atoms with van der Waals surface area (Å²) in [5.74, 6) is 0.0809. The number of amides is 1. The van der Waals surface area contributed by atoms with Crippen molar-refractivity contribution in [2.45, 2.75) is 6.42 Å². The highest BCUT2D eigenvalue weighted by Crippen LogP contribution is 2.35. The second-order valence-corrected chi connectivity index (χ2v) is 5.29. The number of carbonyl (C=O) groups excluding carboxylic acids is 1. The molecule has 0 saturated heterocycles. The Labute approximate surface area is 144 Å². The molecule has 5 nitrogen and oxygen atoms in total. The van der Waals surface area contributed by atoms with E-state index in [1.165, 1.54) is 33.5 Å². The average molecular weight is 354 g/mol. The Bertz CT molecular complexity index is 752. The van der Waals surface area contributed by atoms with Crippen LogP contribution in [0.3, 0.4) is 0 Å². The van der Waals surface area contributed by atoms with Crippen molar-refractivity contribution >= 4 is 23.2 Å². The fraction of sp³-hybridized carbons (Fsp3) is 0.235. The van der Waals surface area contributed by atoms with Crippen LogP contribution in [-0.2, 0) is 11.2 Å². The van der Waals surface area contributed by atoms with Gasteiger partial charge >= 0.3 is 0 Å². The van der Waals surface area contributed by atoms with Crippen molar-refractivity contribution in [2.24, 2.45) is 0 Å². The van der Waals surface area contributed by atoms with Gasteiger partial charge < -0.3 is 19.5 Å². The Hall–Kier alpha value is -2.47. The van der Waals surface area contributed by atoms with Gasteiger partial charge in [0.05, 0.1) is 38.5 Å². The van der Waals surface area contributed by atoms with E-state index in [0.29, 0.717) is 27.8 Å². The first-order valence-corrected chi connectivity index (χ1v) is 7.40. The van der Waals surface area contributed by atoms with Gasteiger partial charge in [-0.2, -0.15) is 0 Å². The molecule has 2 aromatic rings. The highest BCUT2D eigenvalue weighted by Gasteiger charge is 2.14. The van der Waals surface area contributed by atoms with E-state index in [2.05, 4.69) is 5.32 Å². The van der Waals surface area contributed by atoms with Gasteiger partial charge in [0.25, 0.3) is 0 Å². The number of anilines is 1. The quantitative estimate of drug-likeness (QED) is 0.860. The zero-order chi connectivity index (χ0) is 17.7. The third-order valence-electron chi connectivity index (χ3n) is 3.33. The second kappa shape index (κ2) is 7.88. The molecule has 0 radical (unpaired) electrons. The van der Waals surface area contributed by atoms with E-state index in [1.807, 2.05) is 0 Å². The Morgan fingerprint density at radius 1 is 1.04 bits per heavy atom. The Morgan fingerprint density at radius 2 is 1.71 bits per heavy atom. The first-order valence-electron chi connectivity index (χ1n) is 7.02. The van der Waals surface area contributed by atoms with Crippen LogP contribution >= 0.6 is 11.6 Å². The molecule has 2 aromatic carbocycles. The van der Waals surface area contributed by atoms with Gasteiger partial charge in [-0.1, -0.05) is 17.7 Å². The summed E-state index contributed by atoms with van der Waals surface area (Å²) in [6.45, 7) is 0. The van der Waals surface area contributed by atoms with Crippen molar-refractivity contribution < 1.29 is 23.4 Å². The highest BCUT2D eigenvalue weighted by molar-refractivity contribution is 6.32. The van der Waals surface area contributed by atoms with Crippen LogP contribution in [0.4, 0.5) is 10.1 Å². The van der Waals surface area contributed by atoms with Gasteiger partial charge in [-0.05, 0) is 17.7 Å². The van der Waals surface area contributed by atoms with Gasteiger partial charge in [0.2, 0.25) is 5.91 Å². The SMILES string of the molecule is COc1ccc(CC(=O)Nc2cc(OC)c(Cl)cc2OC)cc1F. The molecule has 0 fully saturated rings. The lowest BCUT2D eigenvalue weighted by Gasteiger charge is -2.13. The van der Waals surface area contributed by atoms with Crippen LogP contribution in [0, 0.1) is 5.82 Å². The van der Waals surface area contributed by atoms with E-state index in [9.17, 15) is 9.18 Å². The topological polar surface area (TPSA) is 56.8 Å². The molecule has 128 valence electrons. The van der Waals surface area contributed by atoms with Crippen molar-refractivity contribution in [1.82, 2.24) is 0 Å². The fourth-order valence-electron chi connectivity index (χ4n) is 2.16. The van der Waals surface area contributed by atoms with Crippen LogP contribution in [0.15, 0.2) is 30.3 Å². The number of rotatable bonds is 6. The van der Waals surface area contributed by atoms with Gasteiger partial charge in [-0.15, -0.1) is 0 Å². The van der Waals surface area contributed by atoms with E-state index in [0.717, 1.165) is 0 Å². The third-order valence-corrected chi connectivity index (χ3v) is 3.62. The van der Waals surface area contributed by atoms with Gasteiger partial charge in [0, 0.05) is 12.1 Å². The van der Waals surface area contributed by atoms with Crippen molar-refractivity contribution in [3.05, 3.63) is 46.7 Å². The Balaban J connectivity index is 2.16. The average Bonchev–Trinajstić information content (AvgIpc) is 2.56. The molecule has 2 rings (SSSR count). The lowest BCUT2D eigenvalue weighted by atomic mass is 10.1. The minimum Gasteiger partial charge on any atom is -0.495 e. The first-order chi connectivity index (χ1) is 11.5. The maximum Gasteiger partial charge on any atom is 0.228 e. The molecule has 0 spiro atoms. The van der Waals surface area contributed by atoms with E-state index in [-0.39, 0.29) is 18.1 Å². The number of benzene rings is 2. The van der Waals surface area contributed by atoms with E-state index in [4.69, 9.17) is 25.8 Å². The lowest BCUT2D eigenvalue weighted by Crippen LogP contribution is -2.15. The molecular formula is C17H17ClFNO4. The summed E-state index contributed by atoms with van der Waals surface area (Å²) in [5.41, 5.74) is 0.934. The molecule has 0 aliphatic carbocycles. The van der Waals surface area contributed by atoms with Crippen LogP contribution < -0.4 is 19.5 Å². The molecule has 0 saturated carbocycles. The molecule has 0 atom stereocenters. The zero-order valence-corrected chi connectivity index (χ0v) is 14.2. The van der Waals surface area contributed by atoms with Crippen molar-refractivity contribution in [2.75, 3.05) is 26.6 Å². The number of halogens is 2. The fourth-order valence-corrected chi connectivity index (χ4v) is 2.39. The molecule has 1 amide bonds. The van der Waals surface area contributed by atoms with Crippen LogP contribution in [-0.4, -0.2) is 27.2 Å². The third kappa shape index (κ3) is 4.08. The molecule has 0 aromatic heterocycles. The predicted octanol–water partition coefficient (Wildman–Crippen LogP) is 3.69. The molecule has 0 bridgehead atoms. The molecule has 0 heterocycles. The van der Waals surface area contributed by atoms with E-state index >= 15 is 0 Å². The molecule has 1 N–H and O–H groups in total. The van der Waals surface area contributed by atoms with Crippen LogP contribution in [0.25, 0.3) is 0 Å². The summed E-state index contributed by atoms with van der Waals surface area (Å²) < 4.78 is 28.8. The van der Waals surface area contributed by atoms with E-state index in [1.54, 1.807) is 18.2 Å². The lowest BCUT2D eigenvalue weighted by molar-refractivity contribution is -0.115. The molecule has 24 heavy (non-hydrogen) atoms. The van der Waals surface area contributed by atoms with Gasteiger partial charge in [-0.25, -0.2) is 4.39 Å². The maximum atomic E-state index is 13.7. The van der Waals surface area contributed by atoms with Crippen molar-refractivity contribution in [1.29, 1.82) is 0 Å². The second-order valence-electron chi connectivity index (χ2n) is 4.88. The summed E-state index contributed by atoms with van der Waals surface area (Å²) >= 11 is 6.02. The highest BCUT2D eigenvalue weighted by atomic mass is 35.5. The molecule has 0 aliphatic rings. The number of methoxy groups -OCH3 is 3. The van der Waals surface area contributed by atoms with Crippen molar-refractivity contribution in [3.63, 3.8) is 0 Å². The smallest absolute Gasteiger partial charge is 0.228 e.